The first kappa shape index (κ1) is 26.5. The lowest BCUT2D eigenvalue weighted by molar-refractivity contribution is 0.0802. The van der Waals surface area contributed by atoms with E-state index in [9.17, 15) is 8.42 Å². The van der Waals surface area contributed by atoms with Crippen LogP contribution < -0.4 is 14.2 Å². The molecule has 0 bridgehead atoms. The van der Waals surface area contributed by atoms with Gasteiger partial charge in [0, 0.05) is 5.41 Å². The van der Waals surface area contributed by atoms with Gasteiger partial charge in [-0.25, -0.2) is 8.42 Å². The Labute approximate surface area is 236 Å². The molecular weight excluding hydrogens is 520 g/mol. The summed E-state index contributed by atoms with van der Waals surface area (Å²) < 4.78 is 44.6. The van der Waals surface area contributed by atoms with Crippen molar-refractivity contribution in [2.45, 2.75) is 74.2 Å². The topological polar surface area (TPSA) is 61.8 Å². The quantitative estimate of drug-likeness (QED) is 0.197. The fourth-order valence-electron chi connectivity index (χ4n) is 5.74. The largest absolute Gasteiger partial charge is 0.488 e. The van der Waals surface area contributed by atoms with Crippen molar-refractivity contribution in [3.05, 3.63) is 102 Å². The summed E-state index contributed by atoms with van der Waals surface area (Å²) in [6.07, 6.45) is 3.81. The zero-order valence-electron chi connectivity index (χ0n) is 23.4. The molecule has 0 heterocycles. The molecule has 0 atom stereocenters. The maximum Gasteiger partial charge on any atom is 0.206 e. The first-order valence-corrected chi connectivity index (χ1v) is 15.4. The molecule has 0 spiro atoms. The predicted molar refractivity (Wildman–Crippen MR) is 156 cm³/mol. The van der Waals surface area contributed by atoms with Crippen molar-refractivity contribution < 1.29 is 22.6 Å². The van der Waals surface area contributed by atoms with Gasteiger partial charge in [0.1, 0.15) is 34.3 Å². The molecule has 0 aliphatic heterocycles. The lowest BCUT2D eigenvalue weighted by Crippen LogP contribution is -2.47. The van der Waals surface area contributed by atoms with Gasteiger partial charge in [0.05, 0.1) is 9.79 Å². The van der Waals surface area contributed by atoms with Crippen LogP contribution in [0.25, 0.3) is 0 Å². The monoisotopic (exact) mass is 554 g/mol. The third kappa shape index (κ3) is 4.75. The number of benzene rings is 4. The van der Waals surface area contributed by atoms with Gasteiger partial charge in [0.15, 0.2) is 0 Å². The average molecular weight is 555 g/mol. The minimum absolute atomic E-state index is 0.172. The Kier molecular flexibility index (Phi) is 6.42. The molecule has 0 amide bonds. The van der Waals surface area contributed by atoms with E-state index < -0.39 is 9.84 Å². The number of hydrogen-bond acceptors (Lipinski definition) is 5. The second-order valence-corrected chi connectivity index (χ2v) is 13.4. The van der Waals surface area contributed by atoms with E-state index in [1.165, 1.54) is 16.7 Å². The van der Waals surface area contributed by atoms with E-state index in [2.05, 4.69) is 27.7 Å². The van der Waals surface area contributed by atoms with Crippen LogP contribution in [-0.4, -0.2) is 14.0 Å². The maximum absolute atomic E-state index is 13.3. The minimum Gasteiger partial charge on any atom is -0.488 e. The van der Waals surface area contributed by atoms with Crippen LogP contribution in [0.15, 0.2) is 94.7 Å². The van der Waals surface area contributed by atoms with Crippen LogP contribution in [0.3, 0.4) is 0 Å². The van der Waals surface area contributed by atoms with Crippen molar-refractivity contribution in [2.24, 2.45) is 0 Å². The molecule has 6 rings (SSSR count). The Morgan fingerprint density at radius 1 is 0.675 bits per heavy atom. The van der Waals surface area contributed by atoms with Gasteiger partial charge in [-0.05, 0) is 134 Å². The predicted octanol–water partition coefficient (Wildman–Crippen LogP) is 8.43. The van der Waals surface area contributed by atoms with Gasteiger partial charge in [-0.15, -0.1) is 0 Å². The normalized spacial score (nSPS) is 14.9. The number of sulfone groups is 1. The lowest BCUT2D eigenvalue weighted by atomic mass is 9.52. The van der Waals surface area contributed by atoms with Gasteiger partial charge in [0.2, 0.25) is 9.84 Å². The second-order valence-electron chi connectivity index (χ2n) is 11.4. The van der Waals surface area contributed by atoms with Crippen molar-refractivity contribution in [3.8, 4) is 28.7 Å². The van der Waals surface area contributed by atoms with Crippen LogP contribution >= 0.6 is 0 Å². The Bertz CT molecular complexity index is 1620. The highest BCUT2D eigenvalue weighted by molar-refractivity contribution is 7.91. The van der Waals surface area contributed by atoms with Crippen molar-refractivity contribution in [1.82, 2.24) is 0 Å². The molecule has 4 aromatic carbocycles. The molecule has 2 aliphatic carbocycles. The van der Waals surface area contributed by atoms with E-state index in [1.807, 2.05) is 60.7 Å². The Morgan fingerprint density at radius 3 is 1.48 bits per heavy atom. The fraction of sp³-hybridized carbons (Fsp3) is 0.294. The van der Waals surface area contributed by atoms with Gasteiger partial charge in [-0.1, -0.05) is 20.8 Å². The molecule has 40 heavy (non-hydrogen) atoms. The highest BCUT2D eigenvalue weighted by atomic mass is 32.2. The molecular formula is C34H34O5S. The molecule has 0 aromatic heterocycles. The van der Waals surface area contributed by atoms with Crippen LogP contribution in [0.4, 0.5) is 0 Å². The number of rotatable bonds is 10. The number of ether oxygens (including phenoxy) is 3. The SMILES string of the molecule is CCC(C)(CC)Oc1ccc(Oc2ccc(Oc3ccc(S(=O)(=O)c4cc5c6c(c4)CC6(C)C5)cc3)cc2)cc1. The van der Waals surface area contributed by atoms with Crippen molar-refractivity contribution in [1.29, 1.82) is 0 Å². The maximum atomic E-state index is 13.3. The molecule has 6 heteroatoms. The molecule has 2 aliphatic rings. The summed E-state index contributed by atoms with van der Waals surface area (Å²) in [6, 6.07) is 25.2. The molecule has 0 radical (unpaired) electrons. The summed E-state index contributed by atoms with van der Waals surface area (Å²) in [7, 11) is -3.58. The zero-order valence-corrected chi connectivity index (χ0v) is 24.2. The van der Waals surface area contributed by atoms with Gasteiger partial charge in [0.25, 0.3) is 0 Å². The van der Waals surface area contributed by atoms with E-state index in [0.717, 1.165) is 31.4 Å². The smallest absolute Gasteiger partial charge is 0.206 e. The van der Waals surface area contributed by atoms with E-state index in [4.69, 9.17) is 14.2 Å². The van der Waals surface area contributed by atoms with Gasteiger partial charge in [-0.3, -0.25) is 0 Å². The minimum atomic E-state index is -3.58. The third-order valence-corrected chi connectivity index (χ3v) is 10.2. The zero-order chi connectivity index (χ0) is 28.1. The lowest BCUT2D eigenvalue weighted by Gasteiger charge is -2.51. The molecule has 0 saturated carbocycles. The summed E-state index contributed by atoms with van der Waals surface area (Å²) in [5.41, 5.74) is 3.82. The van der Waals surface area contributed by atoms with Gasteiger partial charge >= 0.3 is 0 Å². The van der Waals surface area contributed by atoms with Crippen molar-refractivity contribution in [3.63, 3.8) is 0 Å². The second kappa shape index (κ2) is 9.70. The first-order valence-electron chi connectivity index (χ1n) is 13.9. The molecule has 0 unspecified atom stereocenters. The van der Waals surface area contributed by atoms with E-state index >= 15 is 0 Å². The average Bonchev–Trinajstić information content (AvgIpc) is 2.93. The summed E-state index contributed by atoms with van der Waals surface area (Å²) in [6.45, 7) is 8.63. The molecule has 0 N–H and O–H groups in total. The van der Waals surface area contributed by atoms with Crippen molar-refractivity contribution in [2.75, 3.05) is 0 Å². The highest BCUT2D eigenvalue weighted by Gasteiger charge is 2.48. The van der Waals surface area contributed by atoms with Crippen LogP contribution in [0.1, 0.15) is 57.2 Å². The third-order valence-electron chi connectivity index (χ3n) is 8.46. The summed E-state index contributed by atoms with van der Waals surface area (Å²) in [5, 5.41) is 0. The van der Waals surface area contributed by atoms with Gasteiger partial charge in [-0.2, -0.15) is 0 Å². The van der Waals surface area contributed by atoms with Crippen LogP contribution in [0, 0.1) is 0 Å². The molecule has 5 nitrogen and oxygen atoms in total. The fourth-order valence-corrected chi connectivity index (χ4v) is 7.10. The number of hydrogen-bond donors (Lipinski definition) is 0. The Balaban J connectivity index is 1.08. The summed E-state index contributed by atoms with van der Waals surface area (Å²) >= 11 is 0. The molecule has 0 saturated heterocycles. The Hall–Kier alpha value is -3.77. The van der Waals surface area contributed by atoms with Gasteiger partial charge < -0.3 is 14.2 Å². The van der Waals surface area contributed by atoms with Crippen molar-refractivity contribution >= 4 is 9.84 Å². The highest BCUT2D eigenvalue weighted by Crippen LogP contribution is 2.54. The molecule has 4 aromatic rings. The summed E-state index contributed by atoms with van der Waals surface area (Å²) in [4.78, 5) is 0.650. The first-order chi connectivity index (χ1) is 19.1. The van der Waals surface area contributed by atoms with Crippen LogP contribution in [-0.2, 0) is 28.1 Å². The van der Waals surface area contributed by atoms with Crippen LogP contribution in [0.5, 0.6) is 28.7 Å². The molecule has 0 fully saturated rings. The van der Waals surface area contributed by atoms with E-state index in [0.29, 0.717) is 27.9 Å². The standard InChI is InChI=1S/C34H34O5S/c1-5-34(4,6-2)39-29-13-11-27(12-14-29)37-25-7-9-26(10-8-25)38-28-15-17-30(18-16-28)40(35,36)31-19-23-21-33(3)22-24(20-31)32(23)33/h7-20H,5-6,21-22H2,1-4H3. The van der Waals surface area contributed by atoms with E-state index in [1.54, 1.807) is 24.3 Å². The van der Waals surface area contributed by atoms with Crippen LogP contribution in [0.2, 0.25) is 0 Å². The van der Waals surface area contributed by atoms with E-state index in [-0.39, 0.29) is 15.9 Å². The Morgan fingerprint density at radius 2 is 1.07 bits per heavy atom. The summed E-state index contributed by atoms with van der Waals surface area (Å²) in [5.74, 6) is 3.41. The molecule has 206 valence electrons.